The number of aryl methyl sites for hydroxylation is 1. The van der Waals surface area contributed by atoms with Gasteiger partial charge in [0.25, 0.3) is 0 Å². The molecule has 5 heteroatoms. The number of methoxy groups -OCH3 is 1. The maximum absolute atomic E-state index is 9.15. The van der Waals surface area contributed by atoms with Gasteiger partial charge in [0.2, 0.25) is 0 Å². The first-order valence-electron chi connectivity index (χ1n) is 5.41. The minimum Gasteiger partial charge on any atom is -0.392 e. The molecule has 5 nitrogen and oxygen atoms in total. The summed E-state index contributed by atoms with van der Waals surface area (Å²) in [7, 11) is 1.65. The summed E-state index contributed by atoms with van der Waals surface area (Å²) in [5.41, 5.74) is 2.81. The van der Waals surface area contributed by atoms with Gasteiger partial charge in [-0.2, -0.15) is 5.10 Å². The zero-order valence-corrected chi connectivity index (χ0v) is 10.2. The molecule has 1 heterocycles. The molecule has 0 amide bonds. The van der Waals surface area contributed by atoms with Crippen LogP contribution in [0.4, 0.5) is 0 Å². The number of aliphatic hydroxyl groups is 1. The zero-order chi connectivity index (χ0) is 12.0. The van der Waals surface area contributed by atoms with Crippen molar-refractivity contribution < 1.29 is 14.6 Å². The molecule has 1 N–H and O–H groups in total. The molecule has 0 unspecified atom stereocenters. The molecular formula is C11H20N2O3. The fourth-order valence-electron chi connectivity index (χ4n) is 1.58. The van der Waals surface area contributed by atoms with E-state index in [0.717, 1.165) is 17.0 Å². The van der Waals surface area contributed by atoms with E-state index < -0.39 is 0 Å². The lowest BCUT2D eigenvalue weighted by atomic mass is 10.2. The highest BCUT2D eigenvalue weighted by Gasteiger charge is 2.09. The van der Waals surface area contributed by atoms with Gasteiger partial charge in [-0.15, -0.1) is 0 Å². The molecule has 1 aromatic rings. The molecule has 0 spiro atoms. The predicted molar refractivity (Wildman–Crippen MR) is 60.3 cm³/mol. The Morgan fingerprint density at radius 2 is 2.00 bits per heavy atom. The van der Waals surface area contributed by atoms with Crippen LogP contribution in [-0.2, 0) is 22.6 Å². The van der Waals surface area contributed by atoms with Gasteiger partial charge in [0.05, 0.1) is 38.7 Å². The van der Waals surface area contributed by atoms with Crippen LogP contribution in [0.1, 0.15) is 17.0 Å². The summed E-state index contributed by atoms with van der Waals surface area (Å²) >= 11 is 0. The largest absolute Gasteiger partial charge is 0.392 e. The third-order valence-corrected chi connectivity index (χ3v) is 2.57. The molecule has 0 fully saturated rings. The zero-order valence-electron chi connectivity index (χ0n) is 10.2. The van der Waals surface area contributed by atoms with Crippen LogP contribution in [0.2, 0.25) is 0 Å². The summed E-state index contributed by atoms with van der Waals surface area (Å²) in [4.78, 5) is 0. The molecule has 92 valence electrons. The Labute approximate surface area is 96.0 Å². The minimum atomic E-state index is 0.0438. The number of aliphatic hydroxyl groups excluding tert-OH is 1. The third kappa shape index (κ3) is 3.30. The molecule has 0 aliphatic rings. The normalized spacial score (nSPS) is 11.0. The van der Waals surface area contributed by atoms with E-state index >= 15 is 0 Å². The van der Waals surface area contributed by atoms with Crippen LogP contribution in [0.15, 0.2) is 0 Å². The molecule has 0 aliphatic carbocycles. The van der Waals surface area contributed by atoms with E-state index in [0.29, 0.717) is 26.4 Å². The van der Waals surface area contributed by atoms with Gasteiger partial charge >= 0.3 is 0 Å². The van der Waals surface area contributed by atoms with Crippen molar-refractivity contribution in [1.29, 1.82) is 0 Å². The number of rotatable bonds is 7. The number of aromatic nitrogens is 2. The van der Waals surface area contributed by atoms with Crippen molar-refractivity contribution in [1.82, 2.24) is 9.78 Å². The summed E-state index contributed by atoms with van der Waals surface area (Å²) in [6.07, 6.45) is 0. The minimum absolute atomic E-state index is 0.0438. The van der Waals surface area contributed by atoms with Crippen LogP contribution in [0.3, 0.4) is 0 Å². The molecule has 0 atom stereocenters. The Bertz CT molecular complexity index is 323. The Morgan fingerprint density at radius 1 is 1.25 bits per heavy atom. The van der Waals surface area contributed by atoms with Gasteiger partial charge in [-0.05, 0) is 13.8 Å². The quantitative estimate of drug-likeness (QED) is 0.696. The van der Waals surface area contributed by atoms with E-state index in [1.807, 2.05) is 18.5 Å². The average molecular weight is 228 g/mol. The number of ether oxygens (including phenoxy) is 2. The van der Waals surface area contributed by atoms with Crippen molar-refractivity contribution >= 4 is 0 Å². The van der Waals surface area contributed by atoms with Crippen LogP contribution in [0, 0.1) is 13.8 Å². The second kappa shape index (κ2) is 6.62. The highest BCUT2D eigenvalue weighted by Crippen LogP contribution is 2.12. The van der Waals surface area contributed by atoms with Gasteiger partial charge < -0.3 is 14.6 Å². The van der Waals surface area contributed by atoms with Crippen molar-refractivity contribution in [3.8, 4) is 0 Å². The van der Waals surface area contributed by atoms with Crippen LogP contribution < -0.4 is 0 Å². The predicted octanol–water partition coefficient (Wildman–Crippen LogP) is 0.655. The van der Waals surface area contributed by atoms with E-state index in [1.165, 1.54) is 0 Å². The summed E-state index contributed by atoms with van der Waals surface area (Å²) in [5.74, 6) is 0. The lowest BCUT2D eigenvalue weighted by Gasteiger charge is -2.06. The third-order valence-electron chi connectivity index (χ3n) is 2.57. The monoisotopic (exact) mass is 228 g/mol. The summed E-state index contributed by atoms with van der Waals surface area (Å²) in [6.45, 7) is 6.43. The lowest BCUT2D eigenvalue weighted by molar-refractivity contribution is 0.0651. The molecule has 0 radical (unpaired) electrons. The van der Waals surface area contributed by atoms with Gasteiger partial charge in [0.15, 0.2) is 0 Å². The van der Waals surface area contributed by atoms with E-state index in [1.54, 1.807) is 7.11 Å². The van der Waals surface area contributed by atoms with Crippen molar-refractivity contribution in [3.05, 3.63) is 17.0 Å². The molecule has 1 rings (SSSR count). The molecule has 0 aliphatic heterocycles. The molecule has 0 aromatic carbocycles. The van der Waals surface area contributed by atoms with E-state index in [4.69, 9.17) is 14.6 Å². The number of hydrogen-bond donors (Lipinski definition) is 1. The smallest absolute Gasteiger partial charge is 0.0718 e. The van der Waals surface area contributed by atoms with Crippen LogP contribution in [-0.4, -0.2) is 41.8 Å². The summed E-state index contributed by atoms with van der Waals surface area (Å²) in [6, 6.07) is 0. The highest BCUT2D eigenvalue weighted by molar-refractivity contribution is 5.23. The van der Waals surface area contributed by atoms with Gasteiger partial charge in [-0.1, -0.05) is 0 Å². The van der Waals surface area contributed by atoms with Crippen molar-refractivity contribution in [3.63, 3.8) is 0 Å². The second-order valence-electron chi connectivity index (χ2n) is 3.64. The van der Waals surface area contributed by atoms with Crippen LogP contribution in [0.25, 0.3) is 0 Å². The SMILES string of the molecule is COCCOCCn1nc(C)c(CO)c1C. The number of hydrogen-bond acceptors (Lipinski definition) is 4. The van der Waals surface area contributed by atoms with Crippen molar-refractivity contribution in [2.75, 3.05) is 26.9 Å². The first-order chi connectivity index (χ1) is 7.70. The van der Waals surface area contributed by atoms with Gasteiger partial charge in [-0.3, -0.25) is 4.68 Å². The summed E-state index contributed by atoms with van der Waals surface area (Å²) in [5, 5.41) is 13.5. The van der Waals surface area contributed by atoms with Crippen LogP contribution in [0.5, 0.6) is 0 Å². The van der Waals surface area contributed by atoms with Gasteiger partial charge in [0.1, 0.15) is 0 Å². The Balaban J connectivity index is 2.42. The Morgan fingerprint density at radius 3 is 2.56 bits per heavy atom. The lowest BCUT2D eigenvalue weighted by Crippen LogP contribution is -2.11. The van der Waals surface area contributed by atoms with Gasteiger partial charge in [-0.25, -0.2) is 0 Å². The second-order valence-corrected chi connectivity index (χ2v) is 3.64. The molecule has 1 aromatic heterocycles. The average Bonchev–Trinajstić information content (AvgIpc) is 2.53. The van der Waals surface area contributed by atoms with Crippen LogP contribution >= 0.6 is 0 Å². The van der Waals surface area contributed by atoms with Crippen molar-refractivity contribution in [2.45, 2.75) is 27.0 Å². The topological polar surface area (TPSA) is 56.5 Å². The molecule has 0 saturated carbocycles. The molecule has 16 heavy (non-hydrogen) atoms. The van der Waals surface area contributed by atoms with E-state index in [9.17, 15) is 0 Å². The Hall–Kier alpha value is -0.910. The molecular weight excluding hydrogens is 208 g/mol. The van der Waals surface area contributed by atoms with E-state index in [-0.39, 0.29) is 6.61 Å². The standard InChI is InChI=1S/C11H20N2O3/c1-9-11(8-14)10(2)13(12-9)4-5-16-7-6-15-3/h14H,4-8H2,1-3H3. The molecule has 0 saturated heterocycles. The Kier molecular flexibility index (Phi) is 5.45. The molecule has 0 bridgehead atoms. The van der Waals surface area contributed by atoms with Crippen molar-refractivity contribution in [2.24, 2.45) is 0 Å². The fraction of sp³-hybridized carbons (Fsp3) is 0.727. The first kappa shape index (κ1) is 13.2. The first-order valence-corrected chi connectivity index (χ1v) is 5.41. The van der Waals surface area contributed by atoms with Gasteiger partial charge in [0, 0.05) is 18.4 Å². The van der Waals surface area contributed by atoms with E-state index in [2.05, 4.69) is 5.10 Å². The maximum Gasteiger partial charge on any atom is 0.0718 e. The highest BCUT2D eigenvalue weighted by atomic mass is 16.5. The fourth-order valence-corrected chi connectivity index (χ4v) is 1.58. The maximum atomic E-state index is 9.15. The number of nitrogens with zero attached hydrogens (tertiary/aromatic N) is 2. The summed E-state index contributed by atoms with van der Waals surface area (Å²) < 4.78 is 12.1.